The van der Waals surface area contributed by atoms with Crippen molar-refractivity contribution in [2.75, 3.05) is 37.7 Å². The summed E-state index contributed by atoms with van der Waals surface area (Å²) in [6, 6.07) is 4.80. The van der Waals surface area contributed by atoms with Crippen LogP contribution in [0.15, 0.2) is 35.1 Å². The van der Waals surface area contributed by atoms with Crippen LogP contribution in [0.25, 0.3) is 0 Å². The van der Waals surface area contributed by atoms with E-state index in [4.69, 9.17) is 4.74 Å². The minimum Gasteiger partial charge on any atom is -0.378 e. The van der Waals surface area contributed by atoms with Gasteiger partial charge in [-0.3, -0.25) is 9.59 Å². The second kappa shape index (κ2) is 7.23. The highest BCUT2D eigenvalue weighted by molar-refractivity contribution is 6.18. The van der Waals surface area contributed by atoms with Gasteiger partial charge in [0.2, 0.25) is 5.91 Å². The number of benzene rings is 1. The van der Waals surface area contributed by atoms with Crippen molar-refractivity contribution < 1.29 is 18.7 Å². The van der Waals surface area contributed by atoms with Crippen molar-refractivity contribution in [3.05, 3.63) is 41.5 Å². The zero-order chi connectivity index (χ0) is 19.0. The lowest BCUT2D eigenvalue weighted by molar-refractivity contribution is -0.120. The van der Waals surface area contributed by atoms with Crippen LogP contribution in [0.5, 0.6) is 0 Å². The quantitative estimate of drug-likeness (QED) is 0.815. The van der Waals surface area contributed by atoms with Crippen molar-refractivity contribution >= 4 is 23.1 Å². The molecule has 1 atom stereocenters. The van der Waals surface area contributed by atoms with Crippen LogP contribution in [0.2, 0.25) is 0 Å². The largest absolute Gasteiger partial charge is 0.378 e. The Morgan fingerprint density at radius 2 is 2.04 bits per heavy atom. The molecule has 142 valence electrons. The minimum absolute atomic E-state index is 0.0472. The van der Waals surface area contributed by atoms with E-state index in [1.54, 1.807) is 30.0 Å². The zero-order valence-corrected chi connectivity index (χ0v) is 15.3. The third kappa shape index (κ3) is 3.39. The first-order valence-corrected chi connectivity index (χ1v) is 9.28. The monoisotopic (exact) mass is 371 g/mol. The predicted molar refractivity (Wildman–Crippen MR) is 99.2 cm³/mol. The molecule has 3 aliphatic heterocycles. The fourth-order valence-electron chi connectivity index (χ4n) is 3.79. The van der Waals surface area contributed by atoms with Crippen molar-refractivity contribution in [2.45, 2.75) is 19.8 Å². The molecule has 0 spiro atoms. The second-order valence-corrected chi connectivity index (χ2v) is 7.05. The van der Waals surface area contributed by atoms with Crippen LogP contribution in [0.3, 0.4) is 0 Å². The number of hydrogen-bond donors (Lipinski definition) is 0. The SMILES string of the molecule is CC(C(=O)N1CCc2c(F)cccc21)C1=NC(N2CCOCC2)=CC(=O)C1. The lowest BCUT2D eigenvalue weighted by Gasteiger charge is -2.31. The van der Waals surface area contributed by atoms with Crippen molar-refractivity contribution in [2.24, 2.45) is 10.9 Å². The number of ether oxygens (including phenoxy) is 1. The topological polar surface area (TPSA) is 62.2 Å². The van der Waals surface area contributed by atoms with Gasteiger partial charge in [0.25, 0.3) is 0 Å². The lowest BCUT2D eigenvalue weighted by Crippen LogP contribution is -2.40. The number of amides is 1. The Kier molecular flexibility index (Phi) is 4.78. The molecule has 0 N–H and O–H groups in total. The van der Waals surface area contributed by atoms with E-state index in [-0.39, 0.29) is 23.9 Å². The van der Waals surface area contributed by atoms with Gasteiger partial charge in [0.05, 0.1) is 19.1 Å². The van der Waals surface area contributed by atoms with E-state index in [1.807, 2.05) is 4.90 Å². The van der Waals surface area contributed by atoms with E-state index in [1.165, 1.54) is 6.07 Å². The van der Waals surface area contributed by atoms with Gasteiger partial charge in [-0.05, 0) is 25.5 Å². The Balaban J connectivity index is 1.56. The van der Waals surface area contributed by atoms with Crippen LogP contribution in [0.1, 0.15) is 18.9 Å². The fraction of sp³-hybridized carbons (Fsp3) is 0.450. The Hall–Kier alpha value is -2.54. The van der Waals surface area contributed by atoms with Crippen LogP contribution in [0, 0.1) is 11.7 Å². The summed E-state index contributed by atoms with van der Waals surface area (Å²) in [6.45, 7) is 4.77. The number of carbonyl (C=O) groups is 2. The molecule has 4 rings (SSSR count). The second-order valence-electron chi connectivity index (χ2n) is 7.05. The molecule has 0 aliphatic carbocycles. The number of hydrogen-bond acceptors (Lipinski definition) is 5. The molecule has 3 aliphatic rings. The van der Waals surface area contributed by atoms with E-state index in [2.05, 4.69) is 4.99 Å². The molecule has 7 heteroatoms. The average Bonchev–Trinajstić information content (AvgIpc) is 3.12. The highest BCUT2D eigenvalue weighted by Crippen LogP contribution is 2.31. The number of carbonyl (C=O) groups excluding carboxylic acids is 2. The van der Waals surface area contributed by atoms with Gasteiger partial charge in [0, 0.05) is 49.1 Å². The first-order chi connectivity index (χ1) is 13.0. The van der Waals surface area contributed by atoms with E-state index in [9.17, 15) is 14.0 Å². The number of rotatable bonds is 3. The average molecular weight is 371 g/mol. The van der Waals surface area contributed by atoms with Crippen molar-refractivity contribution in [1.29, 1.82) is 0 Å². The van der Waals surface area contributed by atoms with E-state index in [0.717, 1.165) is 0 Å². The molecule has 3 heterocycles. The van der Waals surface area contributed by atoms with Crippen LogP contribution < -0.4 is 4.90 Å². The lowest BCUT2D eigenvalue weighted by atomic mass is 9.97. The van der Waals surface area contributed by atoms with Gasteiger partial charge >= 0.3 is 0 Å². The van der Waals surface area contributed by atoms with Gasteiger partial charge in [-0.25, -0.2) is 9.38 Å². The Labute approximate surface area is 157 Å². The maximum Gasteiger partial charge on any atom is 0.235 e. The molecule has 1 unspecified atom stereocenters. The van der Waals surface area contributed by atoms with Crippen LogP contribution in [0.4, 0.5) is 10.1 Å². The van der Waals surface area contributed by atoms with Gasteiger partial charge in [-0.15, -0.1) is 0 Å². The molecule has 0 radical (unpaired) electrons. The molecule has 1 fully saturated rings. The number of fused-ring (bicyclic) bond motifs is 1. The molecular formula is C20H22FN3O3. The van der Waals surface area contributed by atoms with Crippen LogP contribution >= 0.6 is 0 Å². The van der Waals surface area contributed by atoms with E-state index in [0.29, 0.717) is 62.1 Å². The number of morpholine rings is 1. The van der Waals surface area contributed by atoms with Crippen molar-refractivity contribution in [1.82, 2.24) is 4.90 Å². The Morgan fingerprint density at radius 1 is 1.26 bits per heavy atom. The summed E-state index contributed by atoms with van der Waals surface area (Å²) in [7, 11) is 0. The molecule has 1 saturated heterocycles. The maximum atomic E-state index is 14.0. The molecule has 1 aromatic rings. The number of anilines is 1. The molecule has 0 bridgehead atoms. The number of allylic oxidation sites excluding steroid dienone is 1. The summed E-state index contributed by atoms with van der Waals surface area (Å²) >= 11 is 0. The third-order valence-electron chi connectivity index (χ3n) is 5.35. The predicted octanol–water partition coefficient (Wildman–Crippen LogP) is 1.94. The van der Waals surface area contributed by atoms with E-state index >= 15 is 0 Å². The summed E-state index contributed by atoms with van der Waals surface area (Å²) in [5.74, 6) is -0.397. The van der Waals surface area contributed by atoms with E-state index < -0.39 is 5.92 Å². The van der Waals surface area contributed by atoms with Crippen molar-refractivity contribution in [3.8, 4) is 0 Å². The Morgan fingerprint density at radius 3 is 2.81 bits per heavy atom. The summed E-state index contributed by atoms with van der Waals surface area (Å²) in [5, 5.41) is 0. The summed E-state index contributed by atoms with van der Waals surface area (Å²) < 4.78 is 19.3. The first kappa shape index (κ1) is 17.9. The summed E-state index contributed by atoms with van der Waals surface area (Å²) in [6.07, 6.45) is 2.20. The molecule has 0 aromatic heterocycles. The minimum atomic E-state index is -0.534. The normalized spacial score (nSPS) is 20.9. The third-order valence-corrected chi connectivity index (χ3v) is 5.35. The van der Waals surface area contributed by atoms with Gasteiger partial charge in [0.15, 0.2) is 5.78 Å². The maximum absolute atomic E-state index is 14.0. The molecule has 0 saturated carbocycles. The smallest absolute Gasteiger partial charge is 0.235 e. The zero-order valence-electron chi connectivity index (χ0n) is 15.3. The first-order valence-electron chi connectivity index (χ1n) is 9.28. The fourth-order valence-corrected chi connectivity index (χ4v) is 3.79. The van der Waals surface area contributed by atoms with Gasteiger partial charge in [0.1, 0.15) is 11.6 Å². The van der Waals surface area contributed by atoms with Gasteiger partial charge < -0.3 is 14.5 Å². The Bertz CT molecular complexity index is 843. The van der Waals surface area contributed by atoms with Crippen molar-refractivity contribution in [3.63, 3.8) is 0 Å². The van der Waals surface area contributed by atoms with Crippen LogP contribution in [-0.4, -0.2) is 55.2 Å². The molecule has 27 heavy (non-hydrogen) atoms. The van der Waals surface area contributed by atoms with Gasteiger partial charge in [-0.2, -0.15) is 0 Å². The number of ketones is 1. The van der Waals surface area contributed by atoms with Gasteiger partial charge in [-0.1, -0.05) is 6.07 Å². The highest BCUT2D eigenvalue weighted by Gasteiger charge is 2.33. The summed E-state index contributed by atoms with van der Waals surface area (Å²) in [5.41, 5.74) is 1.77. The molecule has 1 aromatic carbocycles. The van der Waals surface area contributed by atoms with Crippen LogP contribution in [-0.2, 0) is 20.7 Å². The molecule has 1 amide bonds. The highest BCUT2D eigenvalue weighted by atomic mass is 19.1. The summed E-state index contributed by atoms with van der Waals surface area (Å²) in [4.78, 5) is 33.5. The molecule has 6 nitrogen and oxygen atoms in total. The number of aliphatic imine (C=N–C) groups is 1. The number of nitrogens with zero attached hydrogens (tertiary/aromatic N) is 3. The number of halogens is 1. The standard InChI is InChI=1S/C20H22FN3O3/c1-13(20(26)24-6-5-15-16(21)3-2-4-18(15)24)17-11-14(25)12-19(22-17)23-7-9-27-10-8-23/h2-4,12-13H,5-11H2,1H3. The molecular weight excluding hydrogens is 349 g/mol.